The van der Waals surface area contributed by atoms with E-state index in [1.807, 2.05) is 0 Å². The number of hydrogen-bond acceptors (Lipinski definition) is 1. The summed E-state index contributed by atoms with van der Waals surface area (Å²) >= 11 is 0. The molecule has 0 spiro atoms. The molecule has 1 N–H and O–H groups in total. The minimum atomic E-state index is -0.0172. The van der Waals surface area contributed by atoms with E-state index in [0.29, 0.717) is 16.7 Å². The Balaban J connectivity index is 1.49. The van der Waals surface area contributed by atoms with Crippen molar-refractivity contribution in [3.05, 3.63) is 0 Å². The SMILES string of the molecule is CC(C)CCC[C@@H](C)[C@H]1CC[C@H]2[C@@H]3C[C@H](O)C4CCCC[C@]4(C)[C@H]3CC[C@]12C. The Morgan fingerprint density at radius 2 is 1.57 bits per heavy atom. The molecule has 0 aromatic heterocycles. The lowest BCUT2D eigenvalue weighted by Gasteiger charge is -2.62. The molecule has 9 atom stereocenters. The molecule has 0 radical (unpaired) electrons. The molecule has 0 aromatic carbocycles. The van der Waals surface area contributed by atoms with Crippen molar-refractivity contribution in [2.24, 2.45) is 52.3 Å². The summed E-state index contributed by atoms with van der Waals surface area (Å²) in [4.78, 5) is 0. The lowest BCUT2D eigenvalue weighted by Crippen LogP contribution is -2.57. The first kappa shape index (κ1) is 21.2. The van der Waals surface area contributed by atoms with Crippen LogP contribution in [0.1, 0.15) is 112 Å². The fraction of sp³-hybridized carbons (Fsp3) is 1.00. The van der Waals surface area contributed by atoms with Crippen LogP contribution >= 0.6 is 0 Å². The second-order valence-electron chi connectivity index (χ2n) is 12.6. The number of aliphatic hydroxyl groups excluding tert-OH is 1. The smallest absolute Gasteiger partial charge is 0.0576 e. The van der Waals surface area contributed by atoms with E-state index in [9.17, 15) is 5.11 Å². The Hall–Kier alpha value is -0.0400. The molecule has 0 aliphatic heterocycles. The average Bonchev–Trinajstić information content (AvgIpc) is 2.99. The normalized spacial score (nSPS) is 49.4. The second-order valence-corrected chi connectivity index (χ2v) is 12.6. The van der Waals surface area contributed by atoms with E-state index in [2.05, 4.69) is 34.6 Å². The van der Waals surface area contributed by atoms with E-state index in [4.69, 9.17) is 0 Å². The summed E-state index contributed by atoms with van der Waals surface area (Å²) in [6.07, 6.45) is 16.6. The molecule has 0 heterocycles. The lowest BCUT2D eigenvalue weighted by molar-refractivity contribution is -0.159. The summed E-state index contributed by atoms with van der Waals surface area (Å²) in [5, 5.41) is 11.2. The van der Waals surface area contributed by atoms with Crippen LogP contribution in [0.3, 0.4) is 0 Å². The van der Waals surface area contributed by atoms with Crippen LogP contribution in [-0.2, 0) is 0 Å². The van der Waals surface area contributed by atoms with Gasteiger partial charge in [-0.05, 0) is 97.2 Å². The average molecular weight is 389 g/mol. The maximum Gasteiger partial charge on any atom is 0.0576 e. The van der Waals surface area contributed by atoms with E-state index >= 15 is 0 Å². The van der Waals surface area contributed by atoms with Crippen molar-refractivity contribution < 1.29 is 5.11 Å². The van der Waals surface area contributed by atoms with Gasteiger partial charge < -0.3 is 5.11 Å². The molecule has 0 saturated heterocycles. The van der Waals surface area contributed by atoms with Crippen LogP contribution in [0.5, 0.6) is 0 Å². The molecule has 0 amide bonds. The largest absolute Gasteiger partial charge is 0.393 e. The molecule has 4 aliphatic rings. The van der Waals surface area contributed by atoms with Gasteiger partial charge in [-0.2, -0.15) is 0 Å². The van der Waals surface area contributed by atoms with Gasteiger partial charge in [0.05, 0.1) is 6.10 Å². The molecule has 0 bridgehead atoms. The molecule has 28 heavy (non-hydrogen) atoms. The third kappa shape index (κ3) is 3.40. The van der Waals surface area contributed by atoms with E-state index in [0.717, 1.165) is 41.9 Å². The van der Waals surface area contributed by atoms with Crippen LogP contribution in [0.2, 0.25) is 0 Å². The molecule has 1 unspecified atom stereocenters. The Bertz CT molecular complexity index is 540. The molecule has 162 valence electrons. The van der Waals surface area contributed by atoms with Crippen molar-refractivity contribution in [3.63, 3.8) is 0 Å². The van der Waals surface area contributed by atoms with Crippen LogP contribution in [0, 0.1) is 52.3 Å². The van der Waals surface area contributed by atoms with Crippen LogP contribution < -0.4 is 0 Å². The zero-order valence-electron chi connectivity index (χ0n) is 19.6. The number of rotatable bonds is 5. The maximum absolute atomic E-state index is 11.2. The number of fused-ring (bicyclic) bond motifs is 5. The zero-order valence-corrected chi connectivity index (χ0v) is 19.6. The van der Waals surface area contributed by atoms with Crippen LogP contribution in [0.4, 0.5) is 0 Å². The van der Waals surface area contributed by atoms with Crippen molar-refractivity contribution in [2.45, 2.75) is 118 Å². The third-order valence-corrected chi connectivity index (χ3v) is 10.8. The number of hydrogen-bond donors (Lipinski definition) is 1. The lowest BCUT2D eigenvalue weighted by atomic mass is 9.44. The molecule has 4 fully saturated rings. The van der Waals surface area contributed by atoms with E-state index in [1.165, 1.54) is 70.6 Å². The second kappa shape index (κ2) is 7.90. The molecule has 1 nitrogen and oxygen atoms in total. The summed E-state index contributed by atoms with van der Waals surface area (Å²) in [5.41, 5.74) is 0.985. The molecule has 4 aliphatic carbocycles. The Morgan fingerprint density at radius 3 is 2.32 bits per heavy atom. The van der Waals surface area contributed by atoms with Crippen molar-refractivity contribution in [1.29, 1.82) is 0 Å². The first-order chi connectivity index (χ1) is 13.3. The highest BCUT2D eigenvalue weighted by Crippen LogP contribution is 2.68. The summed E-state index contributed by atoms with van der Waals surface area (Å²) in [7, 11) is 0. The van der Waals surface area contributed by atoms with Gasteiger partial charge in [0.2, 0.25) is 0 Å². The van der Waals surface area contributed by atoms with Gasteiger partial charge in [-0.3, -0.25) is 0 Å². The van der Waals surface area contributed by atoms with Crippen LogP contribution in [-0.4, -0.2) is 11.2 Å². The van der Waals surface area contributed by atoms with Gasteiger partial charge in [-0.25, -0.2) is 0 Å². The number of aliphatic hydroxyl groups is 1. The first-order valence-corrected chi connectivity index (χ1v) is 13.0. The molecule has 4 saturated carbocycles. The van der Waals surface area contributed by atoms with Crippen molar-refractivity contribution in [3.8, 4) is 0 Å². The van der Waals surface area contributed by atoms with Gasteiger partial charge in [-0.15, -0.1) is 0 Å². The first-order valence-electron chi connectivity index (χ1n) is 13.0. The predicted octanol–water partition coefficient (Wildman–Crippen LogP) is 7.47. The zero-order chi connectivity index (χ0) is 20.1. The Kier molecular flexibility index (Phi) is 5.98. The summed E-state index contributed by atoms with van der Waals surface area (Å²) in [5.74, 6) is 5.85. The molecule has 1 heteroatoms. The van der Waals surface area contributed by atoms with Gasteiger partial charge in [0.15, 0.2) is 0 Å². The van der Waals surface area contributed by atoms with E-state index in [1.54, 1.807) is 0 Å². The van der Waals surface area contributed by atoms with Gasteiger partial charge in [-0.1, -0.05) is 66.7 Å². The van der Waals surface area contributed by atoms with Crippen molar-refractivity contribution in [2.75, 3.05) is 0 Å². The molecule has 0 aromatic rings. The highest BCUT2D eigenvalue weighted by molar-refractivity contribution is 5.10. The fourth-order valence-corrected chi connectivity index (χ4v) is 9.38. The highest BCUT2D eigenvalue weighted by Gasteiger charge is 2.61. The Labute approximate surface area is 175 Å². The predicted molar refractivity (Wildman–Crippen MR) is 119 cm³/mol. The van der Waals surface area contributed by atoms with Crippen molar-refractivity contribution >= 4 is 0 Å². The minimum absolute atomic E-state index is 0.0172. The summed E-state index contributed by atoms with van der Waals surface area (Å²) < 4.78 is 0. The summed E-state index contributed by atoms with van der Waals surface area (Å²) in [6, 6.07) is 0. The van der Waals surface area contributed by atoms with Gasteiger partial charge in [0, 0.05) is 0 Å². The molecule has 4 rings (SSSR count). The van der Waals surface area contributed by atoms with Crippen LogP contribution in [0.25, 0.3) is 0 Å². The van der Waals surface area contributed by atoms with Crippen molar-refractivity contribution in [1.82, 2.24) is 0 Å². The quantitative estimate of drug-likeness (QED) is 0.518. The standard InChI is InChI=1S/C27H48O/c1-18(2)9-8-10-19(3)21-12-13-22-20-17-25(28)24-11-6-7-15-26(24,4)23(20)14-16-27(21,22)5/h18-25,28H,6-17H2,1-5H3/t19-,20+,21-,22+,23+,24?,25+,26-,27-/m1/s1. The van der Waals surface area contributed by atoms with Gasteiger partial charge in [0.1, 0.15) is 0 Å². The van der Waals surface area contributed by atoms with Gasteiger partial charge in [0.25, 0.3) is 0 Å². The monoisotopic (exact) mass is 388 g/mol. The Morgan fingerprint density at radius 1 is 0.821 bits per heavy atom. The minimum Gasteiger partial charge on any atom is -0.393 e. The van der Waals surface area contributed by atoms with E-state index in [-0.39, 0.29) is 6.10 Å². The molecular formula is C27H48O. The van der Waals surface area contributed by atoms with E-state index < -0.39 is 0 Å². The molecular weight excluding hydrogens is 340 g/mol. The highest BCUT2D eigenvalue weighted by atomic mass is 16.3. The maximum atomic E-state index is 11.2. The third-order valence-electron chi connectivity index (χ3n) is 10.8. The fourth-order valence-electron chi connectivity index (χ4n) is 9.38. The van der Waals surface area contributed by atoms with Gasteiger partial charge >= 0.3 is 0 Å². The summed E-state index contributed by atoms with van der Waals surface area (Å²) in [6.45, 7) is 12.6. The van der Waals surface area contributed by atoms with Crippen LogP contribution in [0.15, 0.2) is 0 Å². The topological polar surface area (TPSA) is 20.2 Å².